The summed E-state index contributed by atoms with van der Waals surface area (Å²) < 4.78 is 0. The number of aromatic nitrogens is 2. The molecule has 0 aliphatic carbocycles. The fraction of sp³-hybridized carbons (Fsp3) is 0.231. The number of hydrogen-bond acceptors (Lipinski definition) is 3. The summed E-state index contributed by atoms with van der Waals surface area (Å²) in [6, 6.07) is 8.34. The first kappa shape index (κ1) is 12.7. The Morgan fingerprint density at radius 1 is 1.39 bits per heavy atom. The van der Waals surface area contributed by atoms with Gasteiger partial charge in [-0.25, -0.2) is 4.98 Å². The third kappa shape index (κ3) is 3.92. The number of aromatic amines is 1. The topological polar surface area (TPSA) is 57.8 Å². The Morgan fingerprint density at radius 3 is 2.83 bits per heavy atom. The van der Waals surface area contributed by atoms with Gasteiger partial charge in [-0.15, -0.1) is 11.8 Å². The van der Waals surface area contributed by atoms with Crippen LogP contribution in [0.25, 0.3) is 0 Å². The lowest BCUT2D eigenvalue weighted by Crippen LogP contribution is -2.15. The van der Waals surface area contributed by atoms with Gasteiger partial charge in [0.25, 0.3) is 0 Å². The van der Waals surface area contributed by atoms with Crippen LogP contribution in [0.1, 0.15) is 11.1 Å². The molecular weight excluding hydrogens is 246 g/mol. The van der Waals surface area contributed by atoms with Gasteiger partial charge in [0.1, 0.15) is 0 Å². The van der Waals surface area contributed by atoms with Gasteiger partial charge in [0, 0.05) is 18.1 Å². The standard InChI is InChI=1S/C13H15N3OS/c1-10-2-4-11(5-3-10)8-18-9-12(17)16-13-14-6-7-15-13/h2-7H,8-9H2,1H3,(H2,14,15,16,17). The zero-order valence-electron chi connectivity index (χ0n) is 10.1. The summed E-state index contributed by atoms with van der Waals surface area (Å²) in [5, 5.41) is 2.69. The van der Waals surface area contributed by atoms with Crippen LogP contribution in [0.2, 0.25) is 0 Å². The molecule has 4 nitrogen and oxygen atoms in total. The molecule has 0 spiro atoms. The van der Waals surface area contributed by atoms with E-state index in [9.17, 15) is 4.79 Å². The number of thioether (sulfide) groups is 1. The maximum atomic E-state index is 11.6. The van der Waals surface area contributed by atoms with Crippen molar-refractivity contribution in [1.29, 1.82) is 0 Å². The molecule has 0 saturated carbocycles. The molecule has 5 heteroatoms. The molecule has 1 heterocycles. The lowest BCUT2D eigenvalue weighted by atomic mass is 10.2. The summed E-state index contributed by atoms with van der Waals surface area (Å²) in [5.41, 5.74) is 2.48. The Labute approximate surface area is 110 Å². The highest BCUT2D eigenvalue weighted by Crippen LogP contribution is 2.13. The average Bonchev–Trinajstić information content (AvgIpc) is 2.84. The first-order valence-corrected chi connectivity index (χ1v) is 6.82. The smallest absolute Gasteiger partial charge is 0.236 e. The molecule has 0 saturated heterocycles. The maximum absolute atomic E-state index is 11.6. The zero-order valence-corrected chi connectivity index (χ0v) is 11.0. The van der Waals surface area contributed by atoms with Crippen LogP contribution < -0.4 is 5.32 Å². The number of aryl methyl sites for hydroxylation is 1. The molecule has 0 atom stereocenters. The van der Waals surface area contributed by atoms with Gasteiger partial charge in [0.2, 0.25) is 11.9 Å². The number of amides is 1. The number of imidazole rings is 1. The lowest BCUT2D eigenvalue weighted by molar-refractivity contribution is -0.113. The van der Waals surface area contributed by atoms with Gasteiger partial charge in [0.15, 0.2) is 0 Å². The third-order valence-corrected chi connectivity index (χ3v) is 3.38. The minimum atomic E-state index is -0.0398. The molecule has 0 radical (unpaired) electrons. The second-order valence-corrected chi connectivity index (χ2v) is 4.95. The zero-order chi connectivity index (χ0) is 12.8. The molecule has 2 aromatic rings. The largest absolute Gasteiger partial charge is 0.331 e. The van der Waals surface area contributed by atoms with Gasteiger partial charge < -0.3 is 4.98 Å². The Balaban J connectivity index is 1.72. The second-order valence-electron chi connectivity index (χ2n) is 3.96. The highest BCUT2D eigenvalue weighted by molar-refractivity contribution is 7.99. The van der Waals surface area contributed by atoms with Crippen molar-refractivity contribution in [2.45, 2.75) is 12.7 Å². The van der Waals surface area contributed by atoms with Gasteiger partial charge in [-0.2, -0.15) is 0 Å². The number of H-pyrrole nitrogens is 1. The number of nitrogens with one attached hydrogen (secondary N) is 2. The summed E-state index contributed by atoms with van der Waals surface area (Å²) in [6.07, 6.45) is 3.28. The van der Waals surface area contributed by atoms with Crippen molar-refractivity contribution < 1.29 is 4.79 Å². The van der Waals surface area contributed by atoms with E-state index in [1.165, 1.54) is 11.1 Å². The predicted octanol–water partition coefficient (Wildman–Crippen LogP) is 2.59. The molecule has 2 rings (SSSR count). The van der Waals surface area contributed by atoms with Crippen LogP contribution in [0.5, 0.6) is 0 Å². The van der Waals surface area contributed by atoms with Gasteiger partial charge >= 0.3 is 0 Å². The van der Waals surface area contributed by atoms with E-state index in [2.05, 4.69) is 46.5 Å². The monoisotopic (exact) mass is 261 g/mol. The number of anilines is 1. The van der Waals surface area contributed by atoms with Crippen LogP contribution in [-0.2, 0) is 10.5 Å². The van der Waals surface area contributed by atoms with Crippen LogP contribution >= 0.6 is 11.8 Å². The van der Waals surface area contributed by atoms with E-state index < -0.39 is 0 Å². The summed E-state index contributed by atoms with van der Waals surface area (Å²) >= 11 is 1.59. The van der Waals surface area contributed by atoms with Crippen LogP contribution in [0.15, 0.2) is 36.7 Å². The van der Waals surface area contributed by atoms with Gasteiger partial charge in [0.05, 0.1) is 5.75 Å². The van der Waals surface area contributed by atoms with E-state index in [1.807, 2.05) is 0 Å². The predicted molar refractivity (Wildman–Crippen MR) is 74.6 cm³/mol. The summed E-state index contributed by atoms with van der Waals surface area (Å²) in [7, 11) is 0. The quantitative estimate of drug-likeness (QED) is 0.869. The Hall–Kier alpha value is -1.75. The summed E-state index contributed by atoms with van der Waals surface area (Å²) in [4.78, 5) is 18.3. The van der Waals surface area contributed by atoms with E-state index in [1.54, 1.807) is 24.2 Å². The van der Waals surface area contributed by atoms with Crippen molar-refractivity contribution in [3.05, 3.63) is 47.8 Å². The van der Waals surface area contributed by atoms with Crippen molar-refractivity contribution in [3.8, 4) is 0 Å². The molecule has 1 amide bonds. The fourth-order valence-corrected chi connectivity index (χ4v) is 2.24. The molecule has 0 aliphatic heterocycles. The molecule has 0 aliphatic rings. The molecule has 1 aromatic carbocycles. The van der Waals surface area contributed by atoms with Crippen molar-refractivity contribution in [2.75, 3.05) is 11.1 Å². The lowest BCUT2D eigenvalue weighted by Gasteiger charge is -2.03. The first-order chi connectivity index (χ1) is 8.74. The number of carbonyl (C=O) groups excluding carboxylic acids is 1. The average molecular weight is 261 g/mol. The molecule has 0 fully saturated rings. The number of nitrogens with zero attached hydrogens (tertiary/aromatic N) is 1. The fourth-order valence-electron chi connectivity index (χ4n) is 1.45. The number of hydrogen-bond donors (Lipinski definition) is 2. The number of benzene rings is 1. The Kier molecular flexibility index (Phi) is 4.41. The molecule has 18 heavy (non-hydrogen) atoms. The molecule has 2 N–H and O–H groups in total. The van der Waals surface area contributed by atoms with Gasteiger partial charge in [-0.3, -0.25) is 10.1 Å². The highest BCUT2D eigenvalue weighted by atomic mass is 32.2. The maximum Gasteiger partial charge on any atom is 0.236 e. The molecule has 94 valence electrons. The van der Waals surface area contributed by atoms with Crippen LogP contribution in [-0.4, -0.2) is 21.6 Å². The van der Waals surface area contributed by atoms with Crippen molar-refractivity contribution in [3.63, 3.8) is 0 Å². The van der Waals surface area contributed by atoms with Gasteiger partial charge in [-0.1, -0.05) is 29.8 Å². The number of rotatable bonds is 5. The van der Waals surface area contributed by atoms with E-state index >= 15 is 0 Å². The van der Waals surface area contributed by atoms with E-state index in [4.69, 9.17) is 0 Å². The van der Waals surface area contributed by atoms with Crippen molar-refractivity contribution in [2.24, 2.45) is 0 Å². The van der Waals surface area contributed by atoms with Gasteiger partial charge in [-0.05, 0) is 12.5 Å². The molecule has 1 aromatic heterocycles. The Bertz CT molecular complexity index is 493. The molecular formula is C13H15N3OS. The van der Waals surface area contributed by atoms with E-state index in [-0.39, 0.29) is 5.91 Å². The van der Waals surface area contributed by atoms with E-state index in [0.29, 0.717) is 11.7 Å². The Morgan fingerprint density at radius 2 is 2.17 bits per heavy atom. The minimum absolute atomic E-state index is 0.0398. The SMILES string of the molecule is Cc1ccc(CSCC(=O)Nc2ncc[nH]2)cc1. The third-order valence-electron chi connectivity index (χ3n) is 2.38. The normalized spacial score (nSPS) is 10.3. The van der Waals surface area contributed by atoms with Crippen LogP contribution in [0.3, 0.4) is 0 Å². The highest BCUT2D eigenvalue weighted by Gasteiger charge is 2.03. The molecule has 0 bridgehead atoms. The first-order valence-electron chi connectivity index (χ1n) is 5.66. The van der Waals surface area contributed by atoms with Crippen LogP contribution in [0, 0.1) is 6.92 Å². The molecule has 0 unspecified atom stereocenters. The number of carbonyl (C=O) groups is 1. The summed E-state index contributed by atoms with van der Waals surface area (Å²) in [6.45, 7) is 2.06. The van der Waals surface area contributed by atoms with Crippen molar-refractivity contribution >= 4 is 23.6 Å². The minimum Gasteiger partial charge on any atom is -0.331 e. The second kappa shape index (κ2) is 6.26. The van der Waals surface area contributed by atoms with Crippen LogP contribution in [0.4, 0.5) is 5.95 Å². The summed E-state index contributed by atoms with van der Waals surface area (Å²) in [5.74, 6) is 1.72. The van der Waals surface area contributed by atoms with Crippen molar-refractivity contribution in [1.82, 2.24) is 9.97 Å². The van der Waals surface area contributed by atoms with E-state index in [0.717, 1.165) is 5.75 Å².